The Morgan fingerprint density at radius 1 is 1.30 bits per heavy atom. The zero-order valence-corrected chi connectivity index (χ0v) is 16.8. The van der Waals surface area contributed by atoms with Gasteiger partial charge >= 0.3 is 5.63 Å². The van der Waals surface area contributed by atoms with Gasteiger partial charge in [-0.3, -0.25) is 0 Å². The van der Waals surface area contributed by atoms with Crippen molar-refractivity contribution in [1.29, 1.82) is 0 Å². The molecule has 1 N–H and O–H groups in total. The molecule has 0 radical (unpaired) electrons. The molecule has 1 atom stereocenters. The van der Waals surface area contributed by atoms with Gasteiger partial charge in [-0.1, -0.05) is 13.3 Å². The summed E-state index contributed by atoms with van der Waals surface area (Å²) in [5.74, 6) is 0.675. The quantitative estimate of drug-likeness (QED) is 0.703. The Labute approximate surface area is 164 Å². The second kappa shape index (κ2) is 7.80. The second-order valence-electron chi connectivity index (χ2n) is 8.17. The highest BCUT2D eigenvalue weighted by Crippen LogP contribution is 2.53. The zero-order valence-electron chi connectivity index (χ0n) is 16.0. The molecule has 27 heavy (non-hydrogen) atoms. The van der Waals surface area contributed by atoms with Gasteiger partial charge in [0.1, 0.15) is 11.5 Å². The fraction of sp³-hybridized carbons (Fsp3) is 0.591. The van der Waals surface area contributed by atoms with E-state index in [0.29, 0.717) is 23.8 Å². The summed E-state index contributed by atoms with van der Waals surface area (Å²) < 4.78 is 11.4. The third-order valence-corrected chi connectivity index (χ3v) is 6.98. The van der Waals surface area contributed by atoms with Crippen LogP contribution in [0.4, 0.5) is 0 Å². The lowest BCUT2D eigenvalue weighted by Gasteiger charge is -2.18. The Bertz CT molecular complexity index is 840. The molecule has 2 aliphatic rings. The predicted molar refractivity (Wildman–Crippen MR) is 107 cm³/mol. The average Bonchev–Trinajstić information content (AvgIpc) is 3.00. The van der Waals surface area contributed by atoms with E-state index in [1.54, 1.807) is 17.4 Å². The number of aromatic hydroxyl groups is 1. The SMILES string of the molecule is CCCc1ccc(Cc2c(O)cc(CC3(CC4CCCO4)CC3)oc2=O)s1. The Hall–Kier alpha value is -1.59. The molecule has 146 valence electrons. The smallest absolute Gasteiger partial charge is 0.343 e. The van der Waals surface area contributed by atoms with E-state index < -0.39 is 5.63 Å². The first-order valence-corrected chi connectivity index (χ1v) is 10.9. The van der Waals surface area contributed by atoms with E-state index in [1.165, 1.54) is 4.88 Å². The van der Waals surface area contributed by atoms with Crippen molar-refractivity contribution in [2.45, 2.75) is 70.8 Å². The van der Waals surface area contributed by atoms with Crippen LogP contribution in [0.1, 0.15) is 66.5 Å². The second-order valence-corrected chi connectivity index (χ2v) is 9.43. The van der Waals surface area contributed by atoms with Crippen molar-refractivity contribution in [1.82, 2.24) is 0 Å². The van der Waals surface area contributed by atoms with Crippen LogP contribution in [-0.2, 0) is 24.0 Å². The number of aryl methyl sites for hydroxylation is 1. The summed E-state index contributed by atoms with van der Waals surface area (Å²) in [7, 11) is 0. The maximum absolute atomic E-state index is 12.5. The zero-order chi connectivity index (χ0) is 18.9. The fourth-order valence-electron chi connectivity index (χ4n) is 4.16. The first-order valence-electron chi connectivity index (χ1n) is 10.1. The molecule has 0 spiro atoms. The predicted octanol–water partition coefficient (Wildman–Crippen LogP) is 4.84. The molecule has 0 bridgehead atoms. The van der Waals surface area contributed by atoms with E-state index in [0.717, 1.165) is 62.9 Å². The van der Waals surface area contributed by atoms with Gasteiger partial charge in [0.05, 0.1) is 11.7 Å². The maximum Gasteiger partial charge on any atom is 0.343 e. The fourth-order valence-corrected chi connectivity index (χ4v) is 5.30. The van der Waals surface area contributed by atoms with E-state index in [4.69, 9.17) is 9.15 Å². The summed E-state index contributed by atoms with van der Waals surface area (Å²) in [5, 5.41) is 10.5. The first-order chi connectivity index (χ1) is 13.1. The van der Waals surface area contributed by atoms with Gasteiger partial charge in [0.25, 0.3) is 0 Å². The molecule has 2 fully saturated rings. The van der Waals surface area contributed by atoms with Gasteiger partial charge in [0, 0.05) is 35.3 Å². The van der Waals surface area contributed by atoms with Crippen LogP contribution in [0.25, 0.3) is 0 Å². The molecule has 1 unspecified atom stereocenters. The number of hydrogen-bond donors (Lipinski definition) is 1. The number of hydrogen-bond acceptors (Lipinski definition) is 5. The highest BCUT2D eigenvalue weighted by atomic mass is 32.1. The van der Waals surface area contributed by atoms with E-state index in [2.05, 4.69) is 13.0 Å². The molecule has 1 saturated carbocycles. The van der Waals surface area contributed by atoms with Crippen LogP contribution in [0.5, 0.6) is 5.75 Å². The highest BCUT2D eigenvalue weighted by Gasteiger charge is 2.45. The Balaban J connectivity index is 1.45. The van der Waals surface area contributed by atoms with Gasteiger partial charge in [0.15, 0.2) is 0 Å². The van der Waals surface area contributed by atoms with Gasteiger partial charge in [0.2, 0.25) is 0 Å². The van der Waals surface area contributed by atoms with E-state index in [9.17, 15) is 9.90 Å². The monoisotopic (exact) mass is 388 g/mol. The molecule has 5 heteroatoms. The number of thiophene rings is 1. The number of rotatable bonds is 8. The van der Waals surface area contributed by atoms with Crippen LogP contribution in [0, 0.1) is 5.41 Å². The van der Waals surface area contributed by atoms with Crippen molar-refractivity contribution in [3.05, 3.63) is 49.7 Å². The van der Waals surface area contributed by atoms with Gasteiger partial charge < -0.3 is 14.3 Å². The summed E-state index contributed by atoms with van der Waals surface area (Å²) in [5.41, 5.74) is 0.165. The van der Waals surface area contributed by atoms with Crippen LogP contribution in [0.2, 0.25) is 0 Å². The summed E-state index contributed by atoms with van der Waals surface area (Å²) in [4.78, 5) is 14.9. The van der Waals surface area contributed by atoms with Gasteiger partial charge in [-0.05, 0) is 56.1 Å². The molecule has 4 nitrogen and oxygen atoms in total. The topological polar surface area (TPSA) is 59.7 Å². The van der Waals surface area contributed by atoms with Crippen molar-refractivity contribution in [2.75, 3.05) is 6.61 Å². The van der Waals surface area contributed by atoms with Gasteiger partial charge in [-0.2, -0.15) is 0 Å². The molecule has 2 aromatic heterocycles. The van der Waals surface area contributed by atoms with Gasteiger partial charge in [-0.25, -0.2) is 4.79 Å². The Morgan fingerprint density at radius 3 is 2.78 bits per heavy atom. The molecule has 0 amide bonds. The lowest BCUT2D eigenvalue weighted by Crippen LogP contribution is -2.17. The molecule has 2 aromatic rings. The maximum atomic E-state index is 12.5. The summed E-state index contributed by atoms with van der Waals surface area (Å²) in [6.45, 7) is 3.03. The molecular weight excluding hydrogens is 360 g/mol. The first kappa shape index (κ1) is 18.8. The summed E-state index contributed by atoms with van der Waals surface area (Å²) in [6, 6.07) is 5.81. The Kier molecular flexibility index (Phi) is 5.42. The lowest BCUT2D eigenvalue weighted by molar-refractivity contribution is 0.0843. The average molecular weight is 389 g/mol. The third kappa shape index (κ3) is 4.46. The van der Waals surface area contributed by atoms with E-state index in [1.807, 2.05) is 6.07 Å². The lowest BCUT2D eigenvalue weighted by atomic mass is 9.92. The minimum Gasteiger partial charge on any atom is -0.507 e. The summed E-state index contributed by atoms with van der Waals surface area (Å²) >= 11 is 1.71. The van der Waals surface area contributed by atoms with Crippen molar-refractivity contribution in [2.24, 2.45) is 5.41 Å². The van der Waals surface area contributed by atoms with Crippen molar-refractivity contribution >= 4 is 11.3 Å². The van der Waals surface area contributed by atoms with Crippen LogP contribution >= 0.6 is 11.3 Å². The molecule has 1 aliphatic carbocycles. The number of ether oxygens (including phenoxy) is 1. The summed E-state index contributed by atoms with van der Waals surface area (Å²) in [6.07, 6.45) is 9.28. The molecule has 1 aliphatic heterocycles. The van der Waals surface area contributed by atoms with Crippen LogP contribution < -0.4 is 5.63 Å². The van der Waals surface area contributed by atoms with Crippen molar-refractivity contribution < 1.29 is 14.3 Å². The molecule has 3 heterocycles. The standard InChI is InChI=1S/C22H28O4S/c1-2-4-17-6-7-18(27-17)12-19-20(23)11-16(26-21(19)24)14-22(8-9-22)13-15-5-3-10-25-15/h6-7,11,15,23H,2-5,8-10,12-14H2,1H3. The molecule has 0 aromatic carbocycles. The van der Waals surface area contributed by atoms with E-state index >= 15 is 0 Å². The van der Waals surface area contributed by atoms with Crippen LogP contribution in [0.15, 0.2) is 27.4 Å². The van der Waals surface area contributed by atoms with Crippen molar-refractivity contribution in [3.8, 4) is 5.75 Å². The largest absolute Gasteiger partial charge is 0.507 e. The third-order valence-electron chi connectivity index (χ3n) is 5.83. The van der Waals surface area contributed by atoms with Crippen LogP contribution in [0.3, 0.4) is 0 Å². The minimum absolute atomic E-state index is 0.0691. The highest BCUT2D eigenvalue weighted by molar-refractivity contribution is 7.12. The molecule has 1 saturated heterocycles. The minimum atomic E-state index is -0.400. The normalized spacial score (nSPS) is 20.9. The van der Waals surface area contributed by atoms with Crippen LogP contribution in [-0.4, -0.2) is 17.8 Å². The van der Waals surface area contributed by atoms with Crippen molar-refractivity contribution in [3.63, 3.8) is 0 Å². The molecular formula is C22H28O4S. The van der Waals surface area contributed by atoms with Gasteiger partial charge in [-0.15, -0.1) is 11.3 Å². The molecule has 4 rings (SSSR count). The van der Waals surface area contributed by atoms with E-state index in [-0.39, 0.29) is 11.2 Å². The Morgan fingerprint density at radius 2 is 2.11 bits per heavy atom.